The van der Waals surface area contributed by atoms with E-state index in [2.05, 4.69) is 22.2 Å². The van der Waals surface area contributed by atoms with Gasteiger partial charge in [-0.2, -0.15) is 0 Å². The zero-order valence-electron chi connectivity index (χ0n) is 7.32. The van der Waals surface area contributed by atoms with Gasteiger partial charge >= 0.3 is 0 Å². The van der Waals surface area contributed by atoms with Crippen molar-refractivity contribution in [2.75, 3.05) is 6.54 Å². The van der Waals surface area contributed by atoms with Crippen molar-refractivity contribution in [1.29, 1.82) is 0 Å². The predicted octanol–water partition coefficient (Wildman–Crippen LogP) is 3.43. The highest BCUT2D eigenvalue weighted by atomic mass is 15.1. The maximum atomic E-state index is 8.17. The summed E-state index contributed by atoms with van der Waals surface area (Å²) in [5.74, 6) is 0.617. The van der Waals surface area contributed by atoms with E-state index in [4.69, 9.17) is 5.53 Å². The molecule has 1 aliphatic carbocycles. The fourth-order valence-electron chi connectivity index (χ4n) is 1.57. The monoisotopic (exact) mass is 165 g/mol. The van der Waals surface area contributed by atoms with E-state index in [1.54, 1.807) is 0 Å². The minimum Gasteiger partial charge on any atom is -0.0937 e. The van der Waals surface area contributed by atoms with E-state index in [1.165, 1.54) is 25.7 Å². The molecule has 1 rings (SSSR count). The highest BCUT2D eigenvalue weighted by Gasteiger charge is 2.07. The number of hydrogen-bond donors (Lipinski definition) is 0. The topological polar surface area (TPSA) is 48.8 Å². The van der Waals surface area contributed by atoms with Crippen molar-refractivity contribution in [3.05, 3.63) is 22.6 Å². The summed E-state index contributed by atoms with van der Waals surface area (Å²) in [6.07, 6.45) is 10.4. The molecule has 0 saturated carbocycles. The van der Waals surface area contributed by atoms with Crippen LogP contribution in [-0.2, 0) is 0 Å². The minimum atomic E-state index is 0.617. The van der Waals surface area contributed by atoms with Crippen LogP contribution in [0.5, 0.6) is 0 Å². The Morgan fingerprint density at radius 1 is 1.33 bits per heavy atom. The van der Waals surface area contributed by atoms with Crippen molar-refractivity contribution in [2.24, 2.45) is 11.0 Å². The molecule has 0 bridgehead atoms. The lowest BCUT2D eigenvalue weighted by atomic mass is 9.94. The average molecular weight is 165 g/mol. The first-order valence-electron chi connectivity index (χ1n) is 4.59. The van der Waals surface area contributed by atoms with E-state index in [9.17, 15) is 0 Å². The Bertz CT molecular complexity index is 192. The van der Waals surface area contributed by atoms with E-state index in [0.29, 0.717) is 12.5 Å². The summed E-state index contributed by atoms with van der Waals surface area (Å²) in [6, 6.07) is 0. The molecule has 0 spiro atoms. The highest BCUT2D eigenvalue weighted by molar-refractivity contribution is 4.85. The van der Waals surface area contributed by atoms with Gasteiger partial charge in [-0.05, 0) is 37.1 Å². The third-order valence-electron chi connectivity index (χ3n) is 2.29. The second-order valence-electron chi connectivity index (χ2n) is 3.26. The van der Waals surface area contributed by atoms with E-state index in [1.807, 2.05) is 0 Å². The number of azide groups is 1. The third kappa shape index (κ3) is 3.44. The van der Waals surface area contributed by atoms with Crippen molar-refractivity contribution in [3.8, 4) is 0 Å². The molecule has 0 aliphatic heterocycles. The minimum absolute atomic E-state index is 0.617. The van der Waals surface area contributed by atoms with Gasteiger partial charge in [0, 0.05) is 11.5 Å². The zero-order chi connectivity index (χ0) is 8.65. The summed E-state index contributed by atoms with van der Waals surface area (Å²) in [5, 5.41) is 3.62. The molecule has 0 aromatic heterocycles. The average Bonchev–Trinajstić information content (AvgIpc) is 2.02. The van der Waals surface area contributed by atoms with Crippen LogP contribution in [0, 0.1) is 5.92 Å². The lowest BCUT2D eigenvalue weighted by molar-refractivity contribution is 0.444. The molecule has 0 saturated heterocycles. The van der Waals surface area contributed by atoms with Gasteiger partial charge in [0.25, 0.3) is 0 Å². The molecule has 1 aliphatic rings. The van der Waals surface area contributed by atoms with E-state index in [0.717, 1.165) is 6.42 Å². The molecule has 0 amide bonds. The molecule has 3 heteroatoms. The third-order valence-corrected chi connectivity index (χ3v) is 2.29. The van der Waals surface area contributed by atoms with E-state index >= 15 is 0 Å². The molecule has 0 aromatic rings. The summed E-state index contributed by atoms with van der Waals surface area (Å²) in [4.78, 5) is 2.79. The van der Waals surface area contributed by atoms with Crippen molar-refractivity contribution < 1.29 is 0 Å². The van der Waals surface area contributed by atoms with Gasteiger partial charge in [0.1, 0.15) is 0 Å². The molecule has 1 atom stereocenters. The molecule has 1 unspecified atom stereocenters. The first kappa shape index (κ1) is 9.14. The van der Waals surface area contributed by atoms with E-state index in [-0.39, 0.29) is 0 Å². The van der Waals surface area contributed by atoms with Gasteiger partial charge in [-0.25, -0.2) is 0 Å². The lowest BCUT2D eigenvalue weighted by Gasteiger charge is -2.14. The fourth-order valence-corrected chi connectivity index (χ4v) is 1.57. The van der Waals surface area contributed by atoms with Crippen LogP contribution in [0.15, 0.2) is 17.3 Å². The number of allylic oxidation sites excluding steroid dienone is 2. The number of rotatable bonds is 2. The first-order chi connectivity index (χ1) is 5.93. The van der Waals surface area contributed by atoms with Crippen LogP contribution in [0.1, 0.15) is 32.1 Å². The predicted molar refractivity (Wildman–Crippen MR) is 49.7 cm³/mol. The molecule has 12 heavy (non-hydrogen) atoms. The Morgan fingerprint density at radius 2 is 2.17 bits per heavy atom. The number of nitrogens with zero attached hydrogens (tertiary/aromatic N) is 3. The van der Waals surface area contributed by atoms with Gasteiger partial charge in [0.2, 0.25) is 0 Å². The molecule has 0 aromatic carbocycles. The Hall–Kier alpha value is -0.950. The van der Waals surface area contributed by atoms with Gasteiger partial charge in [0.15, 0.2) is 0 Å². The summed E-state index contributed by atoms with van der Waals surface area (Å²) in [7, 11) is 0. The molecular formula is C9H15N3. The Balaban J connectivity index is 2.31. The van der Waals surface area contributed by atoms with E-state index < -0.39 is 0 Å². The molecule has 0 radical (unpaired) electrons. The van der Waals surface area contributed by atoms with Gasteiger partial charge in [0.05, 0.1) is 0 Å². The van der Waals surface area contributed by atoms with Crippen LogP contribution in [-0.4, -0.2) is 6.54 Å². The summed E-state index contributed by atoms with van der Waals surface area (Å²) >= 11 is 0. The van der Waals surface area contributed by atoms with Crippen molar-refractivity contribution in [3.63, 3.8) is 0 Å². The Morgan fingerprint density at radius 3 is 3.00 bits per heavy atom. The summed E-state index contributed by atoms with van der Waals surface area (Å²) < 4.78 is 0. The fraction of sp³-hybridized carbons (Fsp3) is 0.778. The second kappa shape index (κ2) is 5.67. The van der Waals surface area contributed by atoms with Gasteiger partial charge in [-0.15, -0.1) is 0 Å². The quantitative estimate of drug-likeness (QED) is 0.260. The van der Waals surface area contributed by atoms with Crippen LogP contribution in [0.4, 0.5) is 0 Å². The standard InChI is InChI=1S/C9H15N3/c10-12-11-8-9-6-4-2-1-3-5-7-9/h1-2,9H,3-8H2/b2-1-. The Labute approximate surface area is 73.1 Å². The smallest absolute Gasteiger partial charge is 0.0286 e. The SMILES string of the molecule is [N-]=[N+]=NCC1CC/C=C\CCC1. The van der Waals surface area contributed by atoms with Crippen LogP contribution < -0.4 is 0 Å². The summed E-state index contributed by atoms with van der Waals surface area (Å²) in [6.45, 7) is 0.685. The molecule has 3 nitrogen and oxygen atoms in total. The second-order valence-corrected chi connectivity index (χ2v) is 3.26. The van der Waals surface area contributed by atoms with Crippen molar-refractivity contribution in [2.45, 2.75) is 32.1 Å². The lowest BCUT2D eigenvalue weighted by Crippen LogP contribution is -2.04. The van der Waals surface area contributed by atoms with Crippen LogP contribution in [0.3, 0.4) is 0 Å². The molecule has 0 heterocycles. The van der Waals surface area contributed by atoms with Crippen LogP contribution in [0.25, 0.3) is 10.4 Å². The van der Waals surface area contributed by atoms with Crippen LogP contribution in [0.2, 0.25) is 0 Å². The van der Waals surface area contributed by atoms with Gasteiger partial charge < -0.3 is 0 Å². The molecular weight excluding hydrogens is 150 g/mol. The molecule has 66 valence electrons. The largest absolute Gasteiger partial charge is 0.0937 e. The maximum absolute atomic E-state index is 8.17. The first-order valence-corrected chi connectivity index (χ1v) is 4.59. The molecule has 0 fully saturated rings. The molecule has 0 N–H and O–H groups in total. The Kier molecular flexibility index (Phi) is 4.32. The zero-order valence-corrected chi connectivity index (χ0v) is 7.32. The van der Waals surface area contributed by atoms with Crippen LogP contribution >= 0.6 is 0 Å². The highest BCUT2D eigenvalue weighted by Crippen LogP contribution is 2.18. The van der Waals surface area contributed by atoms with Gasteiger partial charge in [-0.1, -0.05) is 23.7 Å². The number of hydrogen-bond acceptors (Lipinski definition) is 1. The van der Waals surface area contributed by atoms with Crippen molar-refractivity contribution >= 4 is 0 Å². The summed E-state index contributed by atoms with van der Waals surface area (Å²) in [5.41, 5.74) is 8.17. The normalized spacial score (nSPS) is 26.5. The van der Waals surface area contributed by atoms with Crippen molar-refractivity contribution in [1.82, 2.24) is 0 Å². The maximum Gasteiger partial charge on any atom is 0.0286 e. The van der Waals surface area contributed by atoms with Gasteiger partial charge in [-0.3, -0.25) is 0 Å².